The summed E-state index contributed by atoms with van der Waals surface area (Å²) >= 11 is 0. The van der Waals surface area contributed by atoms with Crippen molar-refractivity contribution in [1.29, 1.82) is 0 Å². The summed E-state index contributed by atoms with van der Waals surface area (Å²) < 4.78 is 11.8. The average Bonchev–Trinajstić information content (AvgIpc) is 2.73. The van der Waals surface area contributed by atoms with Gasteiger partial charge in [0.05, 0.1) is 0 Å². The molecule has 1 saturated heterocycles. The van der Waals surface area contributed by atoms with Crippen molar-refractivity contribution in [3.8, 4) is 5.75 Å². The number of anilines is 1. The van der Waals surface area contributed by atoms with Gasteiger partial charge < -0.3 is 14.8 Å². The highest BCUT2D eigenvalue weighted by Gasteiger charge is 2.33. The quantitative estimate of drug-likeness (QED) is 0.526. The van der Waals surface area contributed by atoms with Crippen molar-refractivity contribution in [2.24, 2.45) is 5.92 Å². The summed E-state index contributed by atoms with van der Waals surface area (Å²) in [6, 6.07) is 7.64. The molecular formula is C24H40N2O3. The summed E-state index contributed by atoms with van der Waals surface area (Å²) in [6.45, 7) is 13.0. The minimum absolute atomic E-state index is 0.0765. The van der Waals surface area contributed by atoms with Crippen LogP contribution in [0.25, 0.3) is 0 Å². The summed E-state index contributed by atoms with van der Waals surface area (Å²) in [6.07, 6.45) is 6.21. The molecule has 1 aromatic rings. The number of nitrogens with one attached hydrogen (secondary N) is 1. The normalized spacial score (nSPS) is 17.7. The van der Waals surface area contributed by atoms with Crippen molar-refractivity contribution in [3.63, 3.8) is 0 Å². The fourth-order valence-corrected chi connectivity index (χ4v) is 3.57. The molecule has 0 unspecified atom stereocenters. The van der Waals surface area contributed by atoms with Gasteiger partial charge in [0.15, 0.2) is 0 Å². The van der Waals surface area contributed by atoms with Gasteiger partial charge in [0.25, 0.3) is 5.91 Å². The molecule has 0 spiro atoms. The number of unbranched alkanes of at least 4 members (excludes halogenated alkanes) is 1. The van der Waals surface area contributed by atoms with E-state index in [1.54, 1.807) is 0 Å². The van der Waals surface area contributed by atoms with Gasteiger partial charge in [-0.05, 0) is 75.9 Å². The molecule has 5 heteroatoms. The number of piperidine rings is 1. The predicted octanol–water partition coefficient (Wildman–Crippen LogP) is 5.11. The van der Waals surface area contributed by atoms with Gasteiger partial charge in [-0.25, -0.2) is 0 Å². The Labute approximate surface area is 177 Å². The molecule has 2 rings (SSSR count). The molecule has 1 aliphatic rings. The highest BCUT2D eigenvalue weighted by molar-refractivity contribution is 5.97. The molecule has 1 fully saturated rings. The van der Waals surface area contributed by atoms with Crippen LogP contribution < -0.4 is 10.1 Å². The van der Waals surface area contributed by atoms with Gasteiger partial charge in [0.1, 0.15) is 18.0 Å². The topological polar surface area (TPSA) is 50.8 Å². The molecule has 1 N–H and O–H groups in total. The highest BCUT2D eigenvalue weighted by Crippen LogP contribution is 2.23. The van der Waals surface area contributed by atoms with E-state index in [4.69, 9.17) is 9.47 Å². The molecule has 5 nitrogen and oxygen atoms in total. The van der Waals surface area contributed by atoms with E-state index in [9.17, 15) is 4.79 Å². The van der Waals surface area contributed by atoms with Gasteiger partial charge in [-0.15, -0.1) is 0 Å². The Morgan fingerprint density at radius 1 is 1.14 bits per heavy atom. The first kappa shape index (κ1) is 23.7. The lowest BCUT2D eigenvalue weighted by Crippen LogP contribution is -2.43. The summed E-state index contributed by atoms with van der Waals surface area (Å²) in [4.78, 5) is 15.3. The molecule has 1 aliphatic heterocycles. The van der Waals surface area contributed by atoms with E-state index >= 15 is 0 Å². The minimum Gasteiger partial charge on any atom is -0.492 e. The number of likely N-dealkylation sites (tertiary alicyclic amines) is 1. The van der Waals surface area contributed by atoms with Crippen molar-refractivity contribution in [3.05, 3.63) is 24.3 Å². The first-order valence-corrected chi connectivity index (χ1v) is 11.4. The third-order valence-corrected chi connectivity index (χ3v) is 5.78. The van der Waals surface area contributed by atoms with Crippen LogP contribution in [0.4, 0.5) is 5.69 Å². The Balaban J connectivity index is 1.81. The largest absolute Gasteiger partial charge is 0.492 e. The zero-order valence-electron chi connectivity index (χ0n) is 18.8. The maximum absolute atomic E-state index is 12.8. The van der Waals surface area contributed by atoms with E-state index in [0.717, 1.165) is 49.6 Å². The third kappa shape index (κ3) is 7.98. The number of nitrogens with zero attached hydrogens (tertiary/aromatic N) is 1. The zero-order valence-corrected chi connectivity index (χ0v) is 18.8. The van der Waals surface area contributed by atoms with E-state index in [1.165, 1.54) is 25.9 Å². The zero-order chi connectivity index (χ0) is 21.1. The van der Waals surface area contributed by atoms with Gasteiger partial charge in [0, 0.05) is 18.8 Å². The number of hydrogen-bond donors (Lipinski definition) is 1. The molecule has 0 saturated carbocycles. The van der Waals surface area contributed by atoms with Crippen LogP contribution >= 0.6 is 0 Å². The molecule has 1 heterocycles. The Hall–Kier alpha value is -1.59. The second-order valence-electron chi connectivity index (χ2n) is 8.53. The molecule has 0 radical (unpaired) electrons. The standard InChI is InChI=1S/C24H40N2O3/c1-5-7-14-24(4,29-18-6-2)23(27)25-21-8-10-22(11-9-21)28-19-17-26-15-12-20(3)13-16-26/h8-11,20H,5-7,12-19H2,1-4H3,(H,25,27)/t24-/m1/s1. The van der Waals surface area contributed by atoms with Gasteiger partial charge in [-0.3, -0.25) is 9.69 Å². The van der Waals surface area contributed by atoms with E-state index in [0.29, 0.717) is 13.2 Å². The van der Waals surface area contributed by atoms with E-state index < -0.39 is 5.60 Å². The average molecular weight is 405 g/mol. The van der Waals surface area contributed by atoms with Gasteiger partial charge >= 0.3 is 0 Å². The SMILES string of the molecule is CCCC[C@@](C)(OCCC)C(=O)Nc1ccc(OCCN2CCC(C)CC2)cc1. The first-order chi connectivity index (χ1) is 14.0. The Kier molecular flexibility index (Phi) is 9.95. The van der Waals surface area contributed by atoms with Crippen molar-refractivity contribution in [1.82, 2.24) is 4.90 Å². The number of rotatable bonds is 12. The fraction of sp³-hybridized carbons (Fsp3) is 0.708. The number of carbonyl (C=O) groups is 1. The first-order valence-electron chi connectivity index (χ1n) is 11.4. The molecule has 164 valence electrons. The number of hydrogen-bond acceptors (Lipinski definition) is 4. The van der Waals surface area contributed by atoms with Crippen LogP contribution in [0.15, 0.2) is 24.3 Å². The van der Waals surface area contributed by atoms with Crippen LogP contribution in [-0.2, 0) is 9.53 Å². The molecule has 1 atom stereocenters. The molecule has 0 aromatic heterocycles. The third-order valence-electron chi connectivity index (χ3n) is 5.78. The number of benzene rings is 1. The lowest BCUT2D eigenvalue weighted by atomic mass is 9.97. The monoisotopic (exact) mass is 404 g/mol. The van der Waals surface area contributed by atoms with Crippen molar-refractivity contribution >= 4 is 11.6 Å². The lowest BCUT2D eigenvalue weighted by molar-refractivity contribution is -0.140. The lowest BCUT2D eigenvalue weighted by Gasteiger charge is -2.30. The van der Waals surface area contributed by atoms with Gasteiger partial charge in [0.2, 0.25) is 0 Å². The van der Waals surface area contributed by atoms with Crippen molar-refractivity contribution in [2.45, 2.75) is 71.8 Å². The Morgan fingerprint density at radius 3 is 2.45 bits per heavy atom. The summed E-state index contributed by atoms with van der Waals surface area (Å²) in [5.74, 6) is 1.61. The molecule has 1 aromatic carbocycles. The van der Waals surface area contributed by atoms with Crippen molar-refractivity contribution < 1.29 is 14.3 Å². The number of ether oxygens (including phenoxy) is 2. The summed E-state index contributed by atoms with van der Waals surface area (Å²) in [5, 5.41) is 3.01. The van der Waals surface area contributed by atoms with Crippen LogP contribution in [0.3, 0.4) is 0 Å². The number of carbonyl (C=O) groups excluding carboxylic acids is 1. The maximum atomic E-state index is 12.8. The maximum Gasteiger partial charge on any atom is 0.256 e. The van der Waals surface area contributed by atoms with E-state index in [-0.39, 0.29) is 5.91 Å². The second kappa shape index (κ2) is 12.2. The molecule has 0 bridgehead atoms. The van der Waals surface area contributed by atoms with Gasteiger partial charge in [-0.2, -0.15) is 0 Å². The minimum atomic E-state index is -0.785. The van der Waals surface area contributed by atoms with Crippen LogP contribution in [0.1, 0.15) is 66.2 Å². The van der Waals surface area contributed by atoms with Crippen molar-refractivity contribution in [2.75, 3.05) is 38.2 Å². The second-order valence-corrected chi connectivity index (χ2v) is 8.53. The fourth-order valence-electron chi connectivity index (χ4n) is 3.57. The molecule has 1 amide bonds. The number of amides is 1. The predicted molar refractivity (Wildman–Crippen MR) is 120 cm³/mol. The summed E-state index contributed by atoms with van der Waals surface area (Å²) in [7, 11) is 0. The Bertz CT molecular complexity index is 587. The van der Waals surface area contributed by atoms with Crippen LogP contribution in [0, 0.1) is 5.92 Å². The molecule has 29 heavy (non-hydrogen) atoms. The van der Waals surface area contributed by atoms with E-state index in [2.05, 4.69) is 31.0 Å². The van der Waals surface area contributed by atoms with Crippen LogP contribution in [0.2, 0.25) is 0 Å². The Morgan fingerprint density at radius 2 is 1.83 bits per heavy atom. The van der Waals surface area contributed by atoms with Crippen LogP contribution in [0.5, 0.6) is 5.75 Å². The van der Waals surface area contributed by atoms with Crippen LogP contribution in [-0.4, -0.2) is 49.3 Å². The molecule has 0 aliphatic carbocycles. The highest BCUT2D eigenvalue weighted by atomic mass is 16.5. The van der Waals surface area contributed by atoms with Gasteiger partial charge in [-0.1, -0.05) is 33.6 Å². The summed E-state index contributed by atoms with van der Waals surface area (Å²) in [5.41, 5.74) is -0.0113. The van der Waals surface area contributed by atoms with E-state index in [1.807, 2.05) is 31.2 Å². The molecular weight excluding hydrogens is 364 g/mol. The smallest absolute Gasteiger partial charge is 0.256 e.